The average Bonchev–Trinajstić information content (AvgIpc) is 3.02. The maximum atomic E-state index is 5.27. The van der Waals surface area contributed by atoms with Crippen molar-refractivity contribution in [3.63, 3.8) is 0 Å². The van der Waals surface area contributed by atoms with Crippen molar-refractivity contribution >= 4 is 11.8 Å². The first kappa shape index (κ1) is 14.4. The maximum absolute atomic E-state index is 5.27. The van der Waals surface area contributed by atoms with Crippen LogP contribution in [-0.2, 0) is 6.54 Å². The van der Waals surface area contributed by atoms with E-state index in [-0.39, 0.29) is 5.25 Å². The summed E-state index contributed by atoms with van der Waals surface area (Å²) in [5, 5.41) is 13.1. The summed E-state index contributed by atoms with van der Waals surface area (Å²) in [6, 6.07) is 20.6. The molecule has 0 bridgehead atoms. The highest BCUT2D eigenvalue weighted by Gasteiger charge is 2.18. The van der Waals surface area contributed by atoms with E-state index in [1.165, 1.54) is 15.9 Å². The summed E-state index contributed by atoms with van der Waals surface area (Å²) >= 11 is 1.57. The van der Waals surface area contributed by atoms with Crippen LogP contribution in [0, 0.1) is 12.3 Å². The summed E-state index contributed by atoms with van der Waals surface area (Å²) in [4.78, 5) is 1.43. The Morgan fingerprint density at radius 3 is 2.14 bits per heavy atom. The van der Waals surface area contributed by atoms with Crippen LogP contribution in [0.1, 0.15) is 16.4 Å². The van der Waals surface area contributed by atoms with Crippen LogP contribution < -0.4 is 0 Å². The quantitative estimate of drug-likeness (QED) is 0.536. The Kier molecular flexibility index (Phi) is 4.52. The predicted molar refractivity (Wildman–Crippen MR) is 87.2 cm³/mol. The molecule has 1 heterocycles. The smallest absolute Gasteiger partial charge is 0.151 e. The van der Waals surface area contributed by atoms with Crippen LogP contribution in [-0.4, -0.2) is 20.2 Å². The Labute approximate surface area is 133 Å². The number of tetrazole rings is 1. The molecule has 0 aliphatic rings. The zero-order valence-corrected chi connectivity index (χ0v) is 12.6. The molecule has 0 fully saturated rings. The first-order valence-electron chi connectivity index (χ1n) is 6.84. The van der Waals surface area contributed by atoms with Gasteiger partial charge < -0.3 is 0 Å². The van der Waals surface area contributed by atoms with Gasteiger partial charge in [-0.2, -0.15) is 4.80 Å². The largest absolute Gasteiger partial charge is 0.232 e. The van der Waals surface area contributed by atoms with Crippen LogP contribution in [0.4, 0.5) is 0 Å². The molecule has 0 spiro atoms. The lowest BCUT2D eigenvalue weighted by Gasteiger charge is -2.15. The van der Waals surface area contributed by atoms with Crippen molar-refractivity contribution in [3.05, 3.63) is 71.8 Å². The summed E-state index contributed by atoms with van der Waals surface area (Å²) in [5.41, 5.74) is 2.40. The summed E-state index contributed by atoms with van der Waals surface area (Å²) in [5.74, 6) is 2.50. The van der Waals surface area contributed by atoms with Gasteiger partial charge in [0.15, 0.2) is 0 Å². The van der Waals surface area contributed by atoms with Crippen LogP contribution in [0.25, 0.3) is 0 Å². The molecule has 108 valence electrons. The number of thioether (sulfide) groups is 1. The third kappa shape index (κ3) is 3.35. The molecule has 1 aromatic heterocycles. The zero-order chi connectivity index (χ0) is 15.2. The number of rotatable bonds is 5. The van der Waals surface area contributed by atoms with Gasteiger partial charge in [0.1, 0.15) is 6.54 Å². The van der Waals surface area contributed by atoms with E-state index in [0.717, 1.165) is 0 Å². The number of aromatic nitrogens is 4. The second-order valence-electron chi connectivity index (χ2n) is 4.63. The Balaban J connectivity index is 1.90. The van der Waals surface area contributed by atoms with E-state index in [0.29, 0.717) is 11.7 Å². The van der Waals surface area contributed by atoms with Crippen molar-refractivity contribution in [2.45, 2.75) is 17.0 Å². The van der Waals surface area contributed by atoms with E-state index < -0.39 is 0 Å². The van der Waals surface area contributed by atoms with Gasteiger partial charge in [-0.15, -0.1) is 16.6 Å². The molecular formula is C17H14N4S. The Morgan fingerprint density at radius 2 is 1.59 bits per heavy atom. The lowest BCUT2D eigenvalue weighted by Crippen LogP contribution is -2.00. The van der Waals surface area contributed by atoms with Crippen molar-refractivity contribution in [1.82, 2.24) is 20.2 Å². The molecule has 5 heteroatoms. The van der Waals surface area contributed by atoms with E-state index in [1.54, 1.807) is 11.8 Å². The van der Waals surface area contributed by atoms with Crippen LogP contribution in [0.5, 0.6) is 0 Å². The Hall–Kier alpha value is -2.58. The lowest BCUT2D eigenvalue weighted by atomic mass is 10.0. The molecule has 2 aromatic carbocycles. The maximum Gasteiger partial charge on any atom is 0.232 e. The molecule has 0 atom stereocenters. The van der Waals surface area contributed by atoms with E-state index in [2.05, 4.69) is 45.6 Å². The first-order chi connectivity index (χ1) is 10.9. The molecule has 0 N–H and O–H groups in total. The highest BCUT2D eigenvalue weighted by molar-refractivity contribution is 7.99. The SMILES string of the molecule is C#CCn1nnc(SC(c2ccccc2)c2ccccc2)n1. The topological polar surface area (TPSA) is 43.6 Å². The minimum atomic E-state index is 0.117. The summed E-state index contributed by atoms with van der Waals surface area (Å²) in [7, 11) is 0. The summed E-state index contributed by atoms with van der Waals surface area (Å²) in [6.07, 6.45) is 5.27. The van der Waals surface area contributed by atoms with Crippen molar-refractivity contribution in [1.29, 1.82) is 0 Å². The van der Waals surface area contributed by atoms with Crippen LogP contribution in [0.15, 0.2) is 65.8 Å². The standard InChI is InChI=1S/C17H14N4S/c1-2-13-21-19-17(18-20-21)22-16(14-9-5-3-6-10-14)15-11-7-4-8-12-15/h1,3-12,16H,13H2. The van der Waals surface area contributed by atoms with E-state index >= 15 is 0 Å². The van der Waals surface area contributed by atoms with Gasteiger partial charge in [-0.3, -0.25) is 0 Å². The number of hydrogen-bond acceptors (Lipinski definition) is 4. The van der Waals surface area contributed by atoms with E-state index in [9.17, 15) is 0 Å². The fourth-order valence-corrected chi connectivity index (χ4v) is 3.14. The molecular weight excluding hydrogens is 292 g/mol. The molecule has 0 saturated heterocycles. The fourth-order valence-electron chi connectivity index (χ4n) is 2.11. The molecule has 0 radical (unpaired) electrons. The summed E-state index contributed by atoms with van der Waals surface area (Å²) in [6.45, 7) is 0.328. The molecule has 0 unspecified atom stereocenters. The molecule has 0 aliphatic heterocycles. The molecule has 0 saturated carbocycles. The number of hydrogen-bond donors (Lipinski definition) is 0. The molecule has 0 aliphatic carbocycles. The van der Waals surface area contributed by atoms with Gasteiger partial charge in [0, 0.05) is 0 Å². The average molecular weight is 306 g/mol. The van der Waals surface area contributed by atoms with Crippen LogP contribution in [0.2, 0.25) is 0 Å². The van der Waals surface area contributed by atoms with E-state index in [1.807, 2.05) is 36.4 Å². The third-order valence-corrected chi connectivity index (χ3v) is 4.25. The van der Waals surface area contributed by atoms with Crippen LogP contribution in [0.3, 0.4) is 0 Å². The fraction of sp³-hybridized carbons (Fsp3) is 0.118. The normalized spacial score (nSPS) is 10.5. The van der Waals surface area contributed by atoms with Crippen molar-refractivity contribution in [2.24, 2.45) is 0 Å². The highest BCUT2D eigenvalue weighted by Crippen LogP contribution is 2.38. The Morgan fingerprint density at radius 1 is 1.00 bits per heavy atom. The predicted octanol–water partition coefficient (Wildman–Crippen LogP) is 3.19. The molecule has 0 amide bonds. The lowest BCUT2D eigenvalue weighted by molar-refractivity contribution is 0.588. The Bertz CT molecular complexity index is 723. The minimum absolute atomic E-state index is 0.117. The van der Waals surface area contributed by atoms with Gasteiger partial charge in [-0.1, -0.05) is 78.3 Å². The molecule has 3 rings (SSSR count). The number of nitrogens with zero attached hydrogens (tertiary/aromatic N) is 4. The van der Waals surface area contributed by atoms with Gasteiger partial charge >= 0.3 is 0 Å². The second kappa shape index (κ2) is 6.92. The minimum Gasteiger partial charge on any atom is -0.151 e. The third-order valence-electron chi connectivity index (χ3n) is 3.10. The van der Waals surface area contributed by atoms with Gasteiger partial charge in [0.05, 0.1) is 5.25 Å². The summed E-state index contributed by atoms with van der Waals surface area (Å²) < 4.78 is 0. The van der Waals surface area contributed by atoms with Gasteiger partial charge in [-0.05, 0) is 16.3 Å². The second-order valence-corrected chi connectivity index (χ2v) is 5.70. The van der Waals surface area contributed by atoms with Crippen molar-refractivity contribution in [2.75, 3.05) is 0 Å². The molecule has 3 aromatic rings. The van der Waals surface area contributed by atoms with Gasteiger partial charge in [0.25, 0.3) is 0 Å². The van der Waals surface area contributed by atoms with Crippen LogP contribution >= 0.6 is 11.8 Å². The zero-order valence-electron chi connectivity index (χ0n) is 11.8. The highest BCUT2D eigenvalue weighted by atomic mass is 32.2. The number of terminal acetylenes is 1. The number of benzene rings is 2. The van der Waals surface area contributed by atoms with Gasteiger partial charge in [-0.25, -0.2) is 0 Å². The van der Waals surface area contributed by atoms with Crippen molar-refractivity contribution < 1.29 is 0 Å². The monoisotopic (exact) mass is 306 g/mol. The molecule has 22 heavy (non-hydrogen) atoms. The first-order valence-corrected chi connectivity index (χ1v) is 7.72. The van der Waals surface area contributed by atoms with Gasteiger partial charge in [0.2, 0.25) is 5.16 Å². The van der Waals surface area contributed by atoms with E-state index in [4.69, 9.17) is 6.42 Å². The van der Waals surface area contributed by atoms with Crippen molar-refractivity contribution in [3.8, 4) is 12.3 Å². The molecule has 4 nitrogen and oxygen atoms in total.